The summed E-state index contributed by atoms with van der Waals surface area (Å²) in [6.45, 7) is 0. The third-order valence-electron chi connectivity index (χ3n) is 2.25. The molecule has 0 radical (unpaired) electrons. The van der Waals surface area contributed by atoms with E-state index in [-0.39, 0.29) is 5.56 Å². The van der Waals surface area contributed by atoms with Gasteiger partial charge in [-0.15, -0.1) is 0 Å². The Morgan fingerprint density at radius 2 is 2.19 bits per heavy atom. The van der Waals surface area contributed by atoms with E-state index < -0.39 is 5.97 Å². The molecule has 2 rings (SSSR count). The molecule has 0 saturated heterocycles. The molecule has 0 bridgehead atoms. The van der Waals surface area contributed by atoms with E-state index in [4.69, 9.17) is 21.4 Å². The Morgan fingerprint density at radius 3 is 2.81 bits per heavy atom. The van der Waals surface area contributed by atoms with Gasteiger partial charge in [0, 0.05) is 11.6 Å². The first kappa shape index (κ1) is 10.7. The van der Waals surface area contributed by atoms with E-state index >= 15 is 0 Å². The number of ether oxygens (including phenoxy) is 1. The Kier molecular flexibility index (Phi) is 2.66. The van der Waals surface area contributed by atoms with Crippen LogP contribution in [0.1, 0.15) is 10.4 Å². The van der Waals surface area contributed by atoms with Crippen LogP contribution in [0.2, 0.25) is 5.02 Å². The molecule has 2 aromatic rings. The molecule has 0 aliphatic rings. The first-order chi connectivity index (χ1) is 7.65. The minimum absolute atomic E-state index is 0.119. The molecule has 0 spiro atoms. The van der Waals surface area contributed by atoms with Gasteiger partial charge in [0.15, 0.2) is 0 Å². The maximum atomic E-state index is 11.0. The molecule has 1 aromatic carbocycles. The standard InChI is InChI=1S/C11H8ClNO3/c1-16-8-3-2-7(12)9-6(11(14)15)4-5-13-10(8)9/h2-5H,1H3,(H,14,15). The summed E-state index contributed by atoms with van der Waals surface area (Å²) in [7, 11) is 1.50. The van der Waals surface area contributed by atoms with E-state index in [0.717, 1.165) is 0 Å². The van der Waals surface area contributed by atoms with Crippen LogP contribution in [-0.4, -0.2) is 23.2 Å². The maximum Gasteiger partial charge on any atom is 0.336 e. The molecule has 0 amide bonds. The molecule has 16 heavy (non-hydrogen) atoms. The number of halogens is 1. The zero-order valence-corrected chi connectivity index (χ0v) is 9.15. The topological polar surface area (TPSA) is 59.4 Å². The number of pyridine rings is 1. The molecule has 0 aliphatic heterocycles. The Hall–Kier alpha value is -1.81. The van der Waals surface area contributed by atoms with Crippen molar-refractivity contribution >= 4 is 28.5 Å². The molecular weight excluding hydrogens is 230 g/mol. The fourth-order valence-electron chi connectivity index (χ4n) is 1.54. The van der Waals surface area contributed by atoms with Gasteiger partial charge in [-0.25, -0.2) is 4.79 Å². The van der Waals surface area contributed by atoms with Crippen molar-refractivity contribution in [2.75, 3.05) is 7.11 Å². The van der Waals surface area contributed by atoms with Crippen LogP contribution in [0.3, 0.4) is 0 Å². The second-order valence-corrected chi connectivity index (χ2v) is 3.54. The number of aromatic carboxylic acids is 1. The lowest BCUT2D eigenvalue weighted by molar-refractivity contribution is 0.0699. The Morgan fingerprint density at radius 1 is 1.44 bits per heavy atom. The normalized spacial score (nSPS) is 10.4. The van der Waals surface area contributed by atoms with Crippen molar-refractivity contribution in [1.29, 1.82) is 0 Å². The number of hydrogen-bond acceptors (Lipinski definition) is 3. The first-order valence-corrected chi connectivity index (χ1v) is 4.87. The van der Waals surface area contributed by atoms with Crippen molar-refractivity contribution in [2.45, 2.75) is 0 Å². The fraction of sp³-hybridized carbons (Fsp3) is 0.0909. The number of methoxy groups -OCH3 is 1. The number of aromatic nitrogens is 1. The van der Waals surface area contributed by atoms with Gasteiger partial charge in [0.1, 0.15) is 11.3 Å². The molecule has 0 unspecified atom stereocenters. The number of carboxylic acids is 1. The van der Waals surface area contributed by atoms with E-state index in [1.807, 2.05) is 0 Å². The summed E-state index contributed by atoms with van der Waals surface area (Å²) in [5.41, 5.74) is 0.573. The number of carboxylic acid groups (broad SMARTS) is 1. The number of benzene rings is 1. The SMILES string of the molecule is COc1ccc(Cl)c2c(C(=O)O)ccnc12. The quantitative estimate of drug-likeness (QED) is 0.872. The molecule has 0 atom stereocenters. The highest BCUT2D eigenvalue weighted by Crippen LogP contribution is 2.31. The van der Waals surface area contributed by atoms with Crippen LogP contribution in [0.15, 0.2) is 24.4 Å². The van der Waals surface area contributed by atoms with Gasteiger partial charge in [-0.2, -0.15) is 0 Å². The van der Waals surface area contributed by atoms with Crippen molar-refractivity contribution in [1.82, 2.24) is 4.98 Å². The molecular formula is C11H8ClNO3. The van der Waals surface area contributed by atoms with Crippen LogP contribution in [0.5, 0.6) is 5.75 Å². The van der Waals surface area contributed by atoms with Gasteiger partial charge in [-0.3, -0.25) is 4.98 Å². The number of nitrogens with zero attached hydrogens (tertiary/aromatic N) is 1. The number of hydrogen-bond donors (Lipinski definition) is 1. The fourth-order valence-corrected chi connectivity index (χ4v) is 1.80. The van der Waals surface area contributed by atoms with E-state index in [9.17, 15) is 4.79 Å². The van der Waals surface area contributed by atoms with Gasteiger partial charge in [0.2, 0.25) is 0 Å². The van der Waals surface area contributed by atoms with Crippen LogP contribution >= 0.6 is 11.6 Å². The highest BCUT2D eigenvalue weighted by atomic mass is 35.5. The summed E-state index contributed by atoms with van der Waals surface area (Å²) in [5, 5.41) is 9.79. The van der Waals surface area contributed by atoms with Crippen molar-refractivity contribution in [3.05, 3.63) is 35.0 Å². The second-order valence-electron chi connectivity index (χ2n) is 3.14. The smallest absolute Gasteiger partial charge is 0.336 e. The van der Waals surface area contributed by atoms with Gasteiger partial charge in [0.05, 0.1) is 17.7 Å². The number of carbonyl (C=O) groups is 1. The van der Waals surface area contributed by atoms with E-state index in [0.29, 0.717) is 21.7 Å². The average Bonchev–Trinajstić information content (AvgIpc) is 2.29. The second kappa shape index (κ2) is 3.98. The van der Waals surface area contributed by atoms with Gasteiger partial charge in [-0.05, 0) is 18.2 Å². The third kappa shape index (κ3) is 1.57. The molecule has 1 N–H and O–H groups in total. The maximum absolute atomic E-state index is 11.0. The summed E-state index contributed by atoms with van der Waals surface area (Å²) >= 11 is 5.98. The molecule has 4 nitrogen and oxygen atoms in total. The highest BCUT2D eigenvalue weighted by molar-refractivity contribution is 6.36. The van der Waals surface area contributed by atoms with Crippen LogP contribution in [0, 0.1) is 0 Å². The van der Waals surface area contributed by atoms with E-state index in [2.05, 4.69) is 4.98 Å². The zero-order chi connectivity index (χ0) is 11.7. The zero-order valence-electron chi connectivity index (χ0n) is 8.40. The molecule has 0 aliphatic carbocycles. The summed E-state index contributed by atoms with van der Waals surface area (Å²) in [6.07, 6.45) is 1.42. The molecule has 82 valence electrons. The average molecular weight is 238 g/mol. The summed E-state index contributed by atoms with van der Waals surface area (Å²) < 4.78 is 5.10. The van der Waals surface area contributed by atoms with Crippen LogP contribution in [0.4, 0.5) is 0 Å². The molecule has 0 saturated carbocycles. The lowest BCUT2D eigenvalue weighted by Gasteiger charge is -2.07. The van der Waals surface area contributed by atoms with Crippen LogP contribution in [-0.2, 0) is 0 Å². The lowest BCUT2D eigenvalue weighted by Crippen LogP contribution is -1.99. The minimum atomic E-state index is -1.04. The Labute approximate surface area is 96.4 Å². The Balaban J connectivity index is 2.91. The van der Waals surface area contributed by atoms with Crippen LogP contribution < -0.4 is 4.74 Å². The largest absolute Gasteiger partial charge is 0.494 e. The van der Waals surface area contributed by atoms with Crippen molar-refractivity contribution in [3.8, 4) is 5.75 Å². The molecule has 5 heteroatoms. The first-order valence-electron chi connectivity index (χ1n) is 4.49. The number of fused-ring (bicyclic) bond motifs is 1. The predicted octanol–water partition coefficient (Wildman–Crippen LogP) is 2.60. The molecule has 0 fully saturated rings. The third-order valence-corrected chi connectivity index (χ3v) is 2.57. The van der Waals surface area contributed by atoms with Crippen molar-refractivity contribution < 1.29 is 14.6 Å². The minimum Gasteiger partial charge on any atom is -0.494 e. The van der Waals surface area contributed by atoms with Gasteiger partial charge in [-0.1, -0.05) is 11.6 Å². The van der Waals surface area contributed by atoms with E-state index in [1.54, 1.807) is 12.1 Å². The van der Waals surface area contributed by atoms with Crippen LogP contribution in [0.25, 0.3) is 10.9 Å². The summed E-state index contributed by atoms with van der Waals surface area (Å²) in [5.74, 6) is -0.537. The Bertz CT molecular complexity index is 568. The van der Waals surface area contributed by atoms with Crippen molar-refractivity contribution in [2.24, 2.45) is 0 Å². The van der Waals surface area contributed by atoms with Gasteiger partial charge in [0.25, 0.3) is 0 Å². The van der Waals surface area contributed by atoms with Crippen molar-refractivity contribution in [3.63, 3.8) is 0 Å². The molecule has 1 aromatic heterocycles. The molecule has 1 heterocycles. The summed E-state index contributed by atoms with van der Waals surface area (Å²) in [4.78, 5) is 15.1. The number of rotatable bonds is 2. The summed E-state index contributed by atoms with van der Waals surface area (Å²) in [6, 6.07) is 4.66. The highest BCUT2D eigenvalue weighted by Gasteiger charge is 2.14. The van der Waals surface area contributed by atoms with Gasteiger partial charge < -0.3 is 9.84 Å². The van der Waals surface area contributed by atoms with E-state index in [1.165, 1.54) is 19.4 Å². The lowest BCUT2D eigenvalue weighted by atomic mass is 10.1. The van der Waals surface area contributed by atoms with Gasteiger partial charge >= 0.3 is 5.97 Å². The monoisotopic (exact) mass is 237 g/mol. The predicted molar refractivity (Wildman–Crippen MR) is 60.3 cm³/mol.